The van der Waals surface area contributed by atoms with Crippen LogP contribution in [0.4, 0.5) is 5.69 Å². The highest BCUT2D eigenvalue weighted by atomic mass is 35.5. The Balaban J connectivity index is 2.79. The van der Waals surface area contributed by atoms with E-state index in [0.717, 1.165) is 0 Å². The minimum atomic E-state index is -3.53. The maximum absolute atomic E-state index is 12.0. The molecule has 2 N–H and O–H groups in total. The standard InChI is InChI=1S/C11H16ClNO4S2/c1-2-18(14,15)6-3-7-19(16,17)9-4-5-11(13)10(12)8-9/h4-5,8H,2-3,6-7,13H2,1H3. The first-order valence-electron chi connectivity index (χ1n) is 5.66. The van der Waals surface area contributed by atoms with Gasteiger partial charge in [-0.3, -0.25) is 0 Å². The van der Waals surface area contributed by atoms with Gasteiger partial charge in [-0.05, 0) is 24.6 Å². The number of nitrogens with two attached hydrogens (primary N) is 1. The summed E-state index contributed by atoms with van der Waals surface area (Å²) in [7, 11) is -6.68. The molecule has 19 heavy (non-hydrogen) atoms. The predicted octanol–water partition coefficient (Wildman–Crippen LogP) is 1.52. The highest BCUT2D eigenvalue weighted by Crippen LogP contribution is 2.23. The van der Waals surface area contributed by atoms with Crippen molar-refractivity contribution in [3.05, 3.63) is 23.2 Å². The zero-order valence-corrected chi connectivity index (χ0v) is 12.9. The second-order valence-electron chi connectivity index (χ2n) is 4.09. The van der Waals surface area contributed by atoms with Crippen LogP contribution < -0.4 is 5.73 Å². The van der Waals surface area contributed by atoms with Crippen LogP contribution in [0.3, 0.4) is 0 Å². The van der Waals surface area contributed by atoms with E-state index in [2.05, 4.69) is 0 Å². The SMILES string of the molecule is CCS(=O)(=O)CCCS(=O)(=O)c1ccc(N)c(Cl)c1. The van der Waals surface area contributed by atoms with Gasteiger partial charge in [-0.2, -0.15) is 0 Å². The molecule has 0 saturated carbocycles. The molecule has 0 atom stereocenters. The zero-order valence-electron chi connectivity index (χ0n) is 10.5. The molecule has 0 aromatic heterocycles. The van der Waals surface area contributed by atoms with Gasteiger partial charge in [-0.1, -0.05) is 18.5 Å². The smallest absolute Gasteiger partial charge is 0.178 e. The van der Waals surface area contributed by atoms with Crippen LogP contribution in [0.25, 0.3) is 0 Å². The van der Waals surface area contributed by atoms with Gasteiger partial charge in [-0.25, -0.2) is 16.8 Å². The normalized spacial score (nSPS) is 12.5. The molecule has 0 bridgehead atoms. The fraction of sp³-hybridized carbons (Fsp3) is 0.455. The highest BCUT2D eigenvalue weighted by molar-refractivity contribution is 7.92. The summed E-state index contributed by atoms with van der Waals surface area (Å²) in [6.07, 6.45) is 0.0699. The van der Waals surface area contributed by atoms with Crippen LogP contribution in [0.1, 0.15) is 13.3 Å². The molecule has 1 rings (SSSR count). The first-order valence-corrected chi connectivity index (χ1v) is 9.51. The monoisotopic (exact) mass is 325 g/mol. The van der Waals surface area contributed by atoms with Crippen molar-refractivity contribution in [2.45, 2.75) is 18.2 Å². The Kier molecular flexibility index (Phi) is 5.23. The molecule has 1 aromatic carbocycles. The van der Waals surface area contributed by atoms with Gasteiger partial charge in [0, 0.05) is 5.75 Å². The van der Waals surface area contributed by atoms with Crippen LogP contribution in [0.15, 0.2) is 23.1 Å². The number of nitrogen functional groups attached to an aromatic ring is 1. The van der Waals surface area contributed by atoms with Crippen molar-refractivity contribution >= 4 is 37.0 Å². The van der Waals surface area contributed by atoms with E-state index in [-0.39, 0.29) is 33.6 Å². The predicted molar refractivity (Wildman–Crippen MR) is 76.9 cm³/mol. The van der Waals surface area contributed by atoms with Crippen molar-refractivity contribution in [1.29, 1.82) is 0 Å². The fourth-order valence-electron chi connectivity index (χ4n) is 1.43. The third-order valence-corrected chi connectivity index (χ3v) is 6.56. The molecule has 0 saturated heterocycles. The minimum absolute atomic E-state index is 0.0146. The largest absolute Gasteiger partial charge is 0.398 e. The molecule has 0 fully saturated rings. The van der Waals surface area contributed by atoms with Crippen molar-refractivity contribution in [2.75, 3.05) is 23.0 Å². The van der Waals surface area contributed by atoms with Crippen molar-refractivity contribution in [2.24, 2.45) is 0 Å². The summed E-state index contributed by atoms with van der Waals surface area (Å²) < 4.78 is 46.5. The molecule has 0 unspecified atom stereocenters. The molecule has 0 aliphatic rings. The van der Waals surface area contributed by atoms with E-state index >= 15 is 0 Å². The second kappa shape index (κ2) is 6.11. The van der Waals surface area contributed by atoms with Gasteiger partial charge in [0.05, 0.1) is 27.1 Å². The maximum atomic E-state index is 12.0. The molecule has 8 heteroatoms. The van der Waals surface area contributed by atoms with Gasteiger partial charge >= 0.3 is 0 Å². The number of hydrogen-bond donors (Lipinski definition) is 1. The summed E-state index contributed by atoms with van der Waals surface area (Å²) in [6, 6.07) is 4.06. The fourth-order valence-corrected chi connectivity index (χ4v) is 4.07. The summed E-state index contributed by atoms with van der Waals surface area (Å²) in [5.74, 6) is -0.349. The molecule has 5 nitrogen and oxygen atoms in total. The second-order valence-corrected chi connectivity index (χ2v) is 9.08. The summed E-state index contributed by atoms with van der Waals surface area (Å²) in [5, 5.41) is 0.169. The maximum Gasteiger partial charge on any atom is 0.178 e. The Morgan fingerprint density at radius 1 is 1.16 bits per heavy atom. The molecule has 108 valence electrons. The van der Waals surface area contributed by atoms with Crippen LogP contribution >= 0.6 is 11.6 Å². The van der Waals surface area contributed by atoms with Gasteiger partial charge in [0.25, 0.3) is 0 Å². The molecule has 0 amide bonds. The van der Waals surface area contributed by atoms with E-state index in [1.807, 2.05) is 0 Å². The summed E-state index contributed by atoms with van der Waals surface area (Å²) in [5.41, 5.74) is 5.80. The molecule has 0 aliphatic heterocycles. The number of halogens is 1. The van der Waals surface area contributed by atoms with Crippen LogP contribution in [-0.2, 0) is 19.7 Å². The van der Waals surface area contributed by atoms with E-state index < -0.39 is 19.7 Å². The Hall–Kier alpha value is -0.790. The van der Waals surface area contributed by atoms with E-state index in [1.165, 1.54) is 25.1 Å². The lowest BCUT2D eigenvalue weighted by Crippen LogP contribution is -2.14. The summed E-state index contributed by atoms with van der Waals surface area (Å²) >= 11 is 5.76. The lowest BCUT2D eigenvalue weighted by molar-refractivity contribution is 0.590. The van der Waals surface area contributed by atoms with E-state index in [4.69, 9.17) is 17.3 Å². The topological polar surface area (TPSA) is 94.3 Å². The molecule has 0 heterocycles. The van der Waals surface area contributed by atoms with E-state index in [1.54, 1.807) is 0 Å². The first-order chi connectivity index (χ1) is 8.68. The third-order valence-electron chi connectivity index (χ3n) is 2.64. The Morgan fingerprint density at radius 3 is 2.32 bits per heavy atom. The average Bonchev–Trinajstić information content (AvgIpc) is 2.32. The Morgan fingerprint density at radius 2 is 1.79 bits per heavy atom. The Bertz CT molecular complexity index is 653. The molecular weight excluding hydrogens is 310 g/mol. The van der Waals surface area contributed by atoms with Crippen molar-refractivity contribution in [3.8, 4) is 0 Å². The molecular formula is C11H16ClNO4S2. The lowest BCUT2D eigenvalue weighted by Gasteiger charge is -2.06. The van der Waals surface area contributed by atoms with E-state index in [0.29, 0.717) is 5.69 Å². The number of sulfone groups is 2. The van der Waals surface area contributed by atoms with Crippen molar-refractivity contribution in [1.82, 2.24) is 0 Å². The van der Waals surface area contributed by atoms with Crippen molar-refractivity contribution < 1.29 is 16.8 Å². The van der Waals surface area contributed by atoms with E-state index in [9.17, 15) is 16.8 Å². The Labute approximate surface area is 118 Å². The number of benzene rings is 1. The van der Waals surface area contributed by atoms with Gasteiger partial charge in [0.1, 0.15) is 9.84 Å². The van der Waals surface area contributed by atoms with Gasteiger partial charge in [-0.15, -0.1) is 0 Å². The number of anilines is 1. The quantitative estimate of drug-likeness (QED) is 0.800. The van der Waals surface area contributed by atoms with Crippen LogP contribution in [-0.4, -0.2) is 34.1 Å². The first kappa shape index (κ1) is 16.3. The van der Waals surface area contributed by atoms with Crippen LogP contribution in [0, 0.1) is 0 Å². The van der Waals surface area contributed by atoms with Crippen molar-refractivity contribution in [3.63, 3.8) is 0 Å². The molecule has 0 radical (unpaired) electrons. The third kappa shape index (κ3) is 4.67. The molecule has 1 aromatic rings. The lowest BCUT2D eigenvalue weighted by atomic mass is 10.3. The molecule has 0 aliphatic carbocycles. The molecule has 0 spiro atoms. The average molecular weight is 326 g/mol. The number of hydrogen-bond acceptors (Lipinski definition) is 5. The minimum Gasteiger partial charge on any atom is -0.398 e. The summed E-state index contributed by atoms with van der Waals surface area (Å²) in [4.78, 5) is 0.0561. The van der Waals surface area contributed by atoms with Crippen LogP contribution in [0.2, 0.25) is 5.02 Å². The zero-order chi connectivity index (χ0) is 14.7. The number of rotatable bonds is 6. The van der Waals surface area contributed by atoms with Crippen LogP contribution in [0.5, 0.6) is 0 Å². The highest BCUT2D eigenvalue weighted by Gasteiger charge is 2.17. The van der Waals surface area contributed by atoms with Gasteiger partial charge in [0.2, 0.25) is 0 Å². The van der Waals surface area contributed by atoms with Gasteiger partial charge < -0.3 is 5.73 Å². The van der Waals surface area contributed by atoms with Gasteiger partial charge in [0.15, 0.2) is 9.84 Å². The summed E-state index contributed by atoms with van der Waals surface area (Å²) in [6.45, 7) is 1.53.